The van der Waals surface area contributed by atoms with Crippen molar-refractivity contribution in [3.05, 3.63) is 46.7 Å². The molecule has 0 unspecified atom stereocenters. The zero-order valence-electron chi connectivity index (χ0n) is 14.0. The fourth-order valence-corrected chi connectivity index (χ4v) is 2.82. The molecule has 25 heavy (non-hydrogen) atoms. The maximum atomic E-state index is 12.0. The summed E-state index contributed by atoms with van der Waals surface area (Å²) in [5.74, 6) is 0.897. The quantitative estimate of drug-likeness (QED) is 0.734. The molecule has 8 heteroatoms. The second kappa shape index (κ2) is 9.48. The summed E-state index contributed by atoms with van der Waals surface area (Å²) in [5.41, 5.74) is 1.10. The SMILES string of the molecule is Cc1cc(NC(=O)[C@@H](C)SCC(=O)NCCc2ccc(Cl)cc2)no1. The van der Waals surface area contributed by atoms with E-state index in [0.29, 0.717) is 23.1 Å². The molecule has 0 aliphatic carbocycles. The van der Waals surface area contributed by atoms with Gasteiger partial charge in [0.15, 0.2) is 5.82 Å². The Morgan fingerprint density at radius 1 is 1.32 bits per heavy atom. The first-order valence-corrected chi connectivity index (χ1v) is 9.23. The molecule has 2 N–H and O–H groups in total. The lowest BCUT2D eigenvalue weighted by Crippen LogP contribution is -2.30. The van der Waals surface area contributed by atoms with Gasteiger partial charge in [0.1, 0.15) is 5.76 Å². The molecular weight excluding hydrogens is 362 g/mol. The van der Waals surface area contributed by atoms with Crippen molar-refractivity contribution in [3.8, 4) is 0 Å². The zero-order chi connectivity index (χ0) is 18.2. The Morgan fingerprint density at radius 3 is 2.68 bits per heavy atom. The minimum atomic E-state index is -0.376. The van der Waals surface area contributed by atoms with Crippen molar-refractivity contribution in [1.29, 1.82) is 0 Å². The summed E-state index contributed by atoms with van der Waals surface area (Å²) in [6.45, 7) is 4.03. The summed E-state index contributed by atoms with van der Waals surface area (Å²) < 4.78 is 4.89. The van der Waals surface area contributed by atoms with E-state index in [9.17, 15) is 9.59 Å². The average molecular weight is 382 g/mol. The fraction of sp³-hybridized carbons (Fsp3) is 0.353. The Hall–Kier alpha value is -1.99. The molecule has 0 radical (unpaired) electrons. The maximum absolute atomic E-state index is 12.0. The number of anilines is 1. The van der Waals surface area contributed by atoms with Crippen LogP contribution in [0.4, 0.5) is 5.82 Å². The van der Waals surface area contributed by atoms with Gasteiger partial charge in [-0.3, -0.25) is 9.59 Å². The summed E-state index contributed by atoms with van der Waals surface area (Å²) in [6, 6.07) is 9.15. The standard InChI is InChI=1S/C17H20ClN3O3S/c1-11-9-15(21-24-11)20-17(23)12(2)25-10-16(22)19-8-7-13-3-5-14(18)6-4-13/h3-6,9,12H,7-8,10H2,1-2H3,(H,19,22)(H,20,21,23)/t12-/m1/s1. The van der Waals surface area contributed by atoms with Gasteiger partial charge in [-0.05, 0) is 38.0 Å². The van der Waals surface area contributed by atoms with Gasteiger partial charge in [-0.25, -0.2) is 0 Å². The number of carbonyl (C=O) groups excluding carboxylic acids is 2. The Labute approximate surface area is 155 Å². The number of nitrogens with one attached hydrogen (secondary N) is 2. The first kappa shape index (κ1) is 19.3. The highest BCUT2D eigenvalue weighted by Crippen LogP contribution is 2.14. The largest absolute Gasteiger partial charge is 0.360 e. The Bertz CT molecular complexity index is 718. The van der Waals surface area contributed by atoms with Crippen LogP contribution in [0.2, 0.25) is 5.02 Å². The first-order valence-electron chi connectivity index (χ1n) is 7.81. The third-order valence-corrected chi connectivity index (χ3v) is 4.76. The molecule has 134 valence electrons. The Kier molecular flexibility index (Phi) is 7.33. The lowest BCUT2D eigenvalue weighted by Gasteiger charge is -2.10. The topological polar surface area (TPSA) is 84.2 Å². The fourth-order valence-electron chi connectivity index (χ4n) is 1.98. The molecule has 0 saturated heterocycles. The van der Waals surface area contributed by atoms with Crippen LogP contribution in [-0.4, -0.2) is 34.5 Å². The number of halogens is 1. The molecule has 1 heterocycles. The van der Waals surface area contributed by atoms with E-state index < -0.39 is 0 Å². The van der Waals surface area contributed by atoms with E-state index in [1.807, 2.05) is 24.3 Å². The molecule has 1 atom stereocenters. The molecule has 2 amide bonds. The van der Waals surface area contributed by atoms with Crippen molar-refractivity contribution in [2.24, 2.45) is 0 Å². The van der Waals surface area contributed by atoms with Crippen molar-refractivity contribution in [1.82, 2.24) is 10.5 Å². The van der Waals surface area contributed by atoms with Crippen LogP contribution in [-0.2, 0) is 16.0 Å². The predicted octanol–water partition coefficient (Wildman–Crippen LogP) is 3.06. The summed E-state index contributed by atoms with van der Waals surface area (Å²) in [5, 5.41) is 9.51. The van der Waals surface area contributed by atoms with Crippen LogP contribution in [0.3, 0.4) is 0 Å². The van der Waals surface area contributed by atoms with Gasteiger partial charge in [-0.15, -0.1) is 11.8 Å². The monoisotopic (exact) mass is 381 g/mol. The average Bonchev–Trinajstić information content (AvgIpc) is 2.99. The molecule has 0 saturated carbocycles. The van der Waals surface area contributed by atoms with Gasteiger partial charge in [-0.2, -0.15) is 0 Å². The lowest BCUT2D eigenvalue weighted by atomic mass is 10.1. The van der Waals surface area contributed by atoms with Crippen LogP contribution >= 0.6 is 23.4 Å². The number of thioether (sulfide) groups is 1. The van der Waals surface area contributed by atoms with Crippen LogP contribution in [0.5, 0.6) is 0 Å². The number of hydrogen-bond donors (Lipinski definition) is 2. The third kappa shape index (κ3) is 6.80. The predicted molar refractivity (Wildman–Crippen MR) is 100.0 cm³/mol. The number of carbonyl (C=O) groups is 2. The summed E-state index contributed by atoms with van der Waals surface area (Å²) >= 11 is 7.10. The van der Waals surface area contributed by atoms with Crippen LogP contribution in [0, 0.1) is 6.92 Å². The molecule has 0 aliphatic rings. The van der Waals surface area contributed by atoms with Gasteiger partial charge in [0.05, 0.1) is 11.0 Å². The number of aromatic nitrogens is 1. The molecule has 1 aromatic carbocycles. The number of aryl methyl sites for hydroxylation is 1. The number of amides is 2. The van der Waals surface area contributed by atoms with E-state index in [-0.39, 0.29) is 22.8 Å². The Morgan fingerprint density at radius 2 is 2.04 bits per heavy atom. The van der Waals surface area contributed by atoms with E-state index >= 15 is 0 Å². The molecule has 0 aliphatic heterocycles. The van der Waals surface area contributed by atoms with Crippen molar-refractivity contribution in [2.45, 2.75) is 25.5 Å². The molecule has 6 nitrogen and oxygen atoms in total. The van der Waals surface area contributed by atoms with E-state index in [4.69, 9.17) is 16.1 Å². The lowest BCUT2D eigenvalue weighted by molar-refractivity contribution is -0.118. The van der Waals surface area contributed by atoms with Crippen molar-refractivity contribution in [3.63, 3.8) is 0 Å². The smallest absolute Gasteiger partial charge is 0.238 e. The highest BCUT2D eigenvalue weighted by Gasteiger charge is 2.16. The van der Waals surface area contributed by atoms with Crippen LogP contribution in [0.25, 0.3) is 0 Å². The van der Waals surface area contributed by atoms with Crippen molar-refractivity contribution in [2.75, 3.05) is 17.6 Å². The van der Waals surface area contributed by atoms with Gasteiger partial charge < -0.3 is 15.2 Å². The maximum Gasteiger partial charge on any atom is 0.238 e. The van der Waals surface area contributed by atoms with Gasteiger partial charge >= 0.3 is 0 Å². The van der Waals surface area contributed by atoms with Crippen molar-refractivity contribution < 1.29 is 14.1 Å². The number of hydrogen-bond acceptors (Lipinski definition) is 5. The first-order chi connectivity index (χ1) is 11.9. The summed E-state index contributed by atoms with van der Waals surface area (Å²) in [4.78, 5) is 23.9. The molecule has 1 aromatic heterocycles. The number of benzene rings is 1. The van der Waals surface area contributed by atoms with E-state index in [1.165, 1.54) is 11.8 Å². The van der Waals surface area contributed by atoms with E-state index in [2.05, 4.69) is 15.8 Å². The Balaban J connectivity index is 1.64. The summed E-state index contributed by atoms with van der Waals surface area (Å²) in [7, 11) is 0. The minimum absolute atomic E-state index is 0.101. The zero-order valence-corrected chi connectivity index (χ0v) is 15.6. The van der Waals surface area contributed by atoms with Crippen molar-refractivity contribution >= 4 is 41.0 Å². The molecule has 0 spiro atoms. The van der Waals surface area contributed by atoms with Crippen LogP contribution in [0.15, 0.2) is 34.9 Å². The molecular formula is C17H20ClN3O3S. The number of nitrogens with zero attached hydrogens (tertiary/aromatic N) is 1. The second-order valence-electron chi connectivity index (χ2n) is 5.49. The van der Waals surface area contributed by atoms with E-state index in [1.54, 1.807) is 19.9 Å². The normalized spacial score (nSPS) is 11.8. The van der Waals surface area contributed by atoms with Gasteiger partial charge in [0.2, 0.25) is 11.8 Å². The molecule has 2 rings (SSSR count). The number of rotatable bonds is 8. The third-order valence-electron chi connectivity index (χ3n) is 3.36. The molecule has 2 aromatic rings. The molecule has 0 fully saturated rings. The highest BCUT2D eigenvalue weighted by molar-refractivity contribution is 8.01. The van der Waals surface area contributed by atoms with Crippen LogP contribution < -0.4 is 10.6 Å². The van der Waals surface area contributed by atoms with Crippen LogP contribution in [0.1, 0.15) is 18.2 Å². The minimum Gasteiger partial charge on any atom is -0.360 e. The second-order valence-corrected chi connectivity index (χ2v) is 7.26. The van der Waals surface area contributed by atoms with Gasteiger partial charge in [-0.1, -0.05) is 28.9 Å². The molecule has 0 bridgehead atoms. The van der Waals surface area contributed by atoms with Gasteiger partial charge in [0.25, 0.3) is 0 Å². The highest BCUT2D eigenvalue weighted by atomic mass is 35.5. The van der Waals surface area contributed by atoms with E-state index in [0.717, 1.165) is 12.0 Å². The van der Waals surface area contributed by atoms with Gasteiger partial charge in [0, 0.05) is 17.6 Å². The summed E-state index contributed by atoms with van der Waals surface area (Å²) in [6.07, 6.45) is 0.731.